The Hall–Kier alpha value is -2.37. The van der Waals surface area contributed by atoms with Gasteiger partial charge in [-0.3, -0.25) is 9.40 Å². The predicted molar refractivity (Wildman–Crippen MR) is 74.4 cm³/mol. The van der Waals surface area contributed by atoms with E-state index in [9.17, 15) is 12.8 Å². The minimum absolute atomic E-state index is 0.0777. The molecule has 2 rings (SSSR count). The van der Waals surface area contributed by atoms with E-state index in [1.165, 1.54) is 36.1 Å². The summed E-state index contributed by atoms with van der Waals surface area (Å²) in [4.78, 5) is 0. The molecule has 0 atom stereocenters. The summed E-state index contributed by atoms with van der Waals surface area (Å²) in [5, 5.41) is 12.2. The lowest BCUT2D eigenvalue weighted by Crippen LogP contribution is -2.17. The van der Waals surface area contributed by atoms with Crippen LogP contribution in [0, 0.1) is 17.7 Å². The Morgan fingerprint density at radius 2 is 2.19 bits per heavy atom. The second-order valence-corrected chi connectivity index (χ2v) is 5.68. The number of aliphatic hydroxyl groups is 1. The van der Waals surface area contributed by atoms with Gasteiger partial charge in [0.2, 0.25) is 0 Å². The number of benzene rings is 1. The quantitative estimate of drug-likeness (QED) is 0.818. The van der Waals surface area contributed by atoms with Crippen LogP contribution in [0.5, 0.6) is 0 Å². The van der Waals surface area contributed by atoms with Gasteiger partial charge in [0.25, 0.3) is 10.0 Å². The van der Waals surface area contributed by atoms with Crippen molar-refractivity contribution in [3.63, 3.8) is 0 Å². The summed E-state index contributed by atoms with van der Waals surface area (Å²) in [6, 6.07) is 5.11. The number of hydrogen-bond donors (Lipinski definition) is 2. The predicted octanol–water partition coefficient (Wildman–Crippen LogP) is 0.704. The van der Waals surface area contributed by atoms with Gasteiger partial charge in [-0.05, 0) is 24.3 Å². The third-order valence-electron chi connectivity index (χ3n) is 2.58. The molecule has 0 aliphatic carbocycles. The van der Waals surface area contributed by atoms with Crippen LogP contribution >= 0.6 is 0 Å². The van der Waals surface area contributed by atoms with Gasteiger partial charge in [-0.25, -0.2) is 4.39 Å². The second kappa shape index (κ2) is 5.95. The van der Waals surface area contributed by atoms with Crippen molar-refractivity contribution in [1.82, 2.24) is 9.78 Å². The Balaban J connectivity index is 2.30. The number of aliphatic hydroxyl groups excluding tert-OH is 1. The number of halogens is 1. The highest BCUT2D eigenvalue weighted by molar-refractivity contribution is 7.92. The van der Waals surface area contributed by atoms with E-state index in [1.807, 2.05) is 0 Å². The molecule has 8 heteroatoms. The van der Waals surface area contributed by atoms with E-state index in [4.69, 9.17) is 5.11 Å². The maximum Gasteiger partial charge on any atom is 0.279 e. The SMILES string of the molecule is Cn1nccc1S(=O)(=O)Nc1ccc(C#CCO)cc1F. The van der Waals surface area contributed by atoms with E-state index in [1.54, 1.807) is 0 Å². The molecule has 2 aromatic rings. The van der Waals surface area contributed by atoms with Gasteiger partial charge >= 0.3 is 0 Å². The van der Waals surface area contributed by atoms with Crippen LogP contribution in [0.1, 0.15) is 5.56 Å². The molecule has 0 amide bonds. The molecular formula is C13H12FN3O3S. The third kappa shape index (κ3) is 3.39. The van der Waals surface area contributed by atoms with Gasteiger partial charge in [0, 0.05) is 12.6 Å². The molecule has 0 spiro atoms. The normalized spacial score (nSPS) is 10.8. The molecular weight excluding hydrogens is 297 g/mol. The average molecular weight is 309 g/mol. The Bertz CT molecular complexity index is 819. The van der Waals surface area contributed by atoms with Crippen molar-refractivity contribution < 1.29 is 17.9 Å². The number of nitrogens with one attached hydrogen (secondary N) is 1. The van der Waals surface area contributed by atoms with Crippen LogP contribution in [0.3, 0.4) is 0 Å². The Morgan fingerprint density at radius 3 is 2.76 bits per heavy atom. The summed E-state index contributed by atoms with van der Waals surface area (Å²) >= 11 is 0. The molecule has 0 fully saturated rings. The largest absolute Gasteiger partial charge is 0.384 e. The van der Waals surface area contributed by atoms with Crippen LogP contribution in [0.25, 0.3) is 0 Å². The first-order chi connectivity index (χ1) is 9.94. The van der Waals surface area contributed by atoms with Crippen molar-refractivity contribution >= 4 is 15.7 Å². The molecule has 0 radical (unpaired) electrons. The summed E-state index contributed by atoms with van der Waals surface area (Å²) in [6.07, 6.45) is 1.33. The highest BCUT2D eigenvalue weighted by Gasteiger charge is 2.19. The van der Waals surface area contributed by atoms with Gasteiger partial charge in [0.15, 0.2) is 5.03 Å². The summed E-state index contributed by atoms with van der Waals surface area (Å²) in [7, 11) is -2.45. The molecule has 0 saturated heterocycles. The van der Waals surface area contributed by atoms with Gasteiger partial charge in [-0.15, -0.1) is 0 Å². The van der Waals surface area contributed by atoms with Crippen molar-refractivity contribution in [1.29, 1.82) is 0 Å². The third-order valence-corrected chi connectivity index (χ3v) is 4.02. The fourth-order valence-corrected chi connectivity index (χ4v) is 2.83. The molecule has 1 aromatic heterocycles. The summed E-state index contributed by atoms with van der Waals surface area (Å²) in [5.74, 6) is 4.15. The second-order valence-electron chi connectivity index (χ2n) is 4.05. The number of aromatic nitrogens is 2. The number of nitrogens with zero attached hydrogens (tertiary/aromatic N) is 2. The average Bonchev–Trinajstić information content (AvgIpc) is 2.86. The molecule has 2 N–H and O–H groups in total. The van der Waals surface area contributed by atoms with E-state index in [-0.39, 0.29) is 17.3 Å². The van der Waals surface area contributed by atoms with Crippen LogP contribution in [-0.2, 0) is 17.1 Å². The van der Waals surface area contributed by atoms with Gasteiger partial charge < -0.3 is 5.11 Å². The Morgan fingerprint density at radius 1 is 1.43 bits per heavy atom. The lowest BCUT2D eigenvalue weighted by atomic mass is 10.2. The van der Waals surface area contributed by atoms with Crippen LogP contribution in [-0.4, -0.2) is 29.9 Å². The first-order valence-corrected chi connectivity index (χ1v) is 7.32. The minimum atomic E-state index is -3.92. The van der Waals surface area contributed by atoms with Crippen LogP contribution in [0.4, 0.5) is 10.1 Å². The van der Waals surface area contributed by atoms with Gasteiger partial charge in [0.1, 0.15) is 12.4 Å². The van der Waals surface area contributed by atoms with E-state index in [0.717, 1.165) is 6.07 Å². The topological polar surface area (TPSA) is 84.2 Å². The number of rotatable bonds is 3. The standard InChI is InChI=1S/C13H12FN3O3S/c1-17-13(6-7-15-17)21(19,20)16-12-5-4-10(3-2-8-18)9-11(12)14/h4-7,9,16,18H,8H2,1H3. The van der Waals surface area contributed by atoms with Crippen molar-refractivity contribution in [2.24, 2.45) is 7.05 Å². The van der Waals surface area contributed by atoms with Gasteiger partial charge in [0.05, 0.1) is 11.9 Å². The Kier molecular flexibility index (Phi) is 4.26. The minimum Gasteiger partial charge on any atom is -0.384 e. The highest BCUT2D eigenvalue weighted by atomic mass is 32.2. The summed E-state index contributed by atoms with van der Waals surface area (Å²) in [6.45, 7) is -0.337. The number of hydrogen-bond acceptors (Lipinski definition) is 4. The summed E-state index contributed by atoms with van der Waals surface area (Å²) < 4.78 is 41.4. The fourth-order valence-electron chi connectivity index (χ4n) is 1.64. The van der Waals surface area contributed by atoms with Crippen LogP contribution in [0.2, 0.25) is 0 Å². The van der Waals surface area contributed by atoms with E-state index >= 15 is 0 Å². The summed E-state index contributed by atoms with van der Waals surface area (Å²) in [5.41, 5.74) is 0.149. The lowest BCUT2D eigenvalue weighted by molar-refractivity contribution is 0.350. The molecule has 1 heterocycles. The smallest absolute Gasteiger partial charge is 0.279 e. The van der Waals surface area contributed by atoms with E-state index < -0.39 is 15.8 Å². The zero-order valence-corrected chi connectivity index (χ0v) is 11.9. The molecule has 0 aliphatic heterocycles. The molecule has 0 unspecified atom stereocenters. The highest BCUT2D eigenvalue weighted by Crippen LogP contribution is 2.19. The lowest BCUT2D eigenvalue weighted by Gasteiger charge is -2.09. The molecule has 1 aromatic carbocycles. The number of anilines is 1. The van der Waals surface area contributed by atoms with Crippen molar-refractivity contribution in [3.05, 3.63) is 41.8 Å². The molecule has 6 nitrogen and oxygen atoms in total. The monoisotopic (exact) mass is 309 g/mol. The van der Waals surface area contributed by atoms with Crippen molar-refractivity contribution in [2.75, 3.05) is 11.3 Å². The first kappa shape index (κ1) is 15.0. The van der Waals surface area contributed by atoms with E-state index in [2.05, 4.69) is 21.7 Å². The maximum atomic E-state index is 13.9. The maximum absolute atomic E-state index is 13.9. The van der Waals surface area contributed by atoms with Gasteiger partial charge in [-0.1, -0.05) is 11.8 Å². The number of sulfonamides is 1. The van der Waals surface area contributed by atoms with Crippen LogP contribution < -0.4 is 4.72 Å². The zero-order chi connectivity index (χ0) is 15.5. The fraction of sp³-hybridized carbons (Fsp3) is 0.154. The van der Waals surface area contributed by atoms with Crippen molar-refractivity contribution in [2.45, 2.75) is 5.03 Å². The number of aryl methyl sites for hydroxylation is 1. The first-order valence-electron chi connectivity index (χ1n) is 5.84. The van der Waals surface area contributed by atoms with Crippen LogP contribution in [0.15, 0.2) is 35.5 Å². The van der Waals surface area contributed by atoms with Crippen molar-refractivity contribution in [3.8, 4) is 11.8 Å². The van der Waals surface area contributed by atoms with Gasteiger partial charge in [-0.2, -0.15) is 13.5 Å². The molecule has 110 valence electrons. The molecule has 21 heavy (non-hydrogen) atoms. The Labute approximate surface area is 121 Å². The van der Waals surface area contributed by atoms with E-state index in [0.29, 0.717) is 5.56 Å². The molecule has 0 aliphatic rings. The zero-order valence-electron chi connectivity index (χ0n) is 11.0. The molecule has 0 bridgehead atoms. The molecule has 0 saturated carbocycles.